The number of pyridine rings is 1. The molecule has 1 fully saturated rings. The van der Waals surface area contributed by atoms with Gasteiger partial charge in [0, 0.05) is 19.3 Å². The molecule has 7 rings (SSSR count). The van der Waals surface area contributed by atoms with Crippen LogP contribution in [0, 0.1) is 6.92 Å². The van der Waals surface area contributed by atoms with Crippen LogP contribution < -0.4 is 16.0 Å². The summed E-state index contributed by atoms with van der Waals surface area (Å²) in [6, 6.07) is 43.4. The van der Waals surface area contributed by atoms with Crippen molar-refractivity contribution in [2.24, 2.45) is 0 Å². The number of hydrogen-bond acceptors (Lipinski definition) is 16. The molecule has 492 valence electrons. The van der Waals surface area contributed by atoms with Crippen LogP contribution in [0.25, 0.3) is 0 Å². The molecule has 3 amide bonds. The molecular weight excluding hydrogens is 1170 g/mol. The number of carbonyl (C=O) groups excluding carboxylic acids is 6. The Morgan fingerprint density at radius 2 is 0.924 bits per heavy atom. The Bertz CT molecular complexity index is 3350. The number of benzene rings is 5. The van der Waals surface area contributed by atoms with Crippen LogP contribution in [0.3, 0.4) is 0 Å². The van der Waals surface area contributed by atoms with Crippen LogP contribution >= 0.6 is 0 Å². The molecule has 0 unspecified atom stereocenters. The molecule has 0 aliphatic carbocycles. The highest BCUT2D eigenvalue weighted by Gasteiger charge is 2.50. The van der Waals surface area contributed by atoms with Crippen molar-refractivity contribution in [3.05, 3.63) is 208 Å². The summed E-state index contributed by atoms with van der Waals surface area (Å²) in [5, 5.41) is 8.11. The Balaban J connectivity index is 1.44. The van der Waals surface area contributed by atoms with Crippen LogP contribution in [0.5, 0.6) is 0 Å². The van der Waals surface area contributed by atoms with Gasteiger partial charge in [0.2, 0.25) is 11.8 Å². The third-order valence-electron chi connectivity index (χ3n) is 14.5. The number of nitrogens with one attached hydrogen (secondary N) is 3. The molecule has 19 heteroatoms. The highest BCUT2D eigenvalue weighted by atomic mass is 16.6. The first-order valence-corrected chi connectivity index (χ1v) is 31.3. The fourth-order valence-electron chi connectivity index (χ4n) is 10.4. The highest BCUT2D eigenvalue weighted by Crippen LogP contribution is 2.36. The van der Waals surface area contributed by atoms with Crippen molar-refractivity contribution in [3.8, 4) is 0 Å². The highest BCUT2D eigenvalue weighted by molar-refractivity contribution is 6.00. The SMILES string of the molecule is CCOC(=O)[C@H](Cc1ccccc1)NC(=O)[C@H](Cc1nc(C)c(C(=O)OC(C)(C)C)c(C[C@@H]2O[C@H](COCc3ccccc3)[C@H](OCc3ccccc3)[C@H](OCc3ccccc3)[C@H]2OCc2ccccc2)c1C(=O)OC(C)(C)C)NC(=O)[C@H](C)NC(=O)OC(C)(C)C. The van der Waals surface area contributed by atoms with Gasteiger partial charge >= 0.3 is 24.0 Å². The van der Waals surface area contributed by atoms with E-state index in [1.54, 1.807) is 100 Å². The minimum Gasteiger partial charge on any atom is -0.464 e. The zero-order valence-electron chi connectivity index (χ0n) is 55.0. The van der Waals surface area contributed by atoms with E-state index >= 15 is 14.4 Å². The van der Waals surface area contributed by atoms with Crippen molar-refractivity contribution in [1.82, 2.24) is 20.9 Å². The molecular formula is C73H90N4O15. The van der Waals surface area contributed by atoms with Gasteiger partial charge in [-0.05, 0) is 116 Å². The van der Waals surface area contributed by atoms with Crippen LogP contribution in [-0.4, -0.2) is 119 Å². The number of hydrogen-bond donors (Lipinski definition) is 3. The third kappa shape index (κ3) is 22.2. The smallest absolute Gasteiger partial charge is 0.408 e. The Morgan fingerprint density at radius 1 is 0.500 bits per heavy atom. The number of rotatable bonds is 28. The molecule has 5 aromatic carbocycles. The second-order valence-electron chi connectivity index (χ2n) is 25.7. The largest absolute Gasteiger partial charge is 0.464 e. The molecule has 19 nitrogen and oxygen atoms in total. The predicted molar refractivity (Wildman–Crippen MR) is 346 cm³/mol. The number of esters is 3. The minimum absolute atomic E-state index is 0.000665. The standard InChI is InChI=1S/C73H90N4O15/c1-13-85-67(80)57(39-49-29-19-14-20-30-49)77-66(79)56(76-65(78)48(3)75-70(83)92-73(10,11)12)41-55-61(69(82)91-72(7,8)9)54(60(47(2)74-55)68(81)90-71(4,5)6)40-58-62(86-43-51-33-23-16-24-34-51)64(88-45-53-37-27-18-28-38-53)63(87-44-52-35-25-17-26-36-52)59(89-58)46-84-42-50-31-21-15-22-32-50/h14-38,48,56-59,62-64H,13,39-46H2,1-12H3,(H,75,83)(H,76,78)(H,77,79)/t48-,56-,57-,58-,59+,62-,63-,64+/m0/s1. The first-order chi connectivity index (χ1) is 43.7. The van der Waals surface area contributed by atoms with Crippen molar-refractivity contribution in [2.45, 2.75) is 194 Å². The van der Waals surface area contributed by atoms with Gasteiger partial charge in [0.25, 0.3) is 0 Å². The third-order valence-corrected chi connectivity index (χ3v) is 14.5. The van der Waals surface area contributed by atoms with Crippen molar-refractivity contribution in [1.29, 1.82) is 0 Å². The fraction of sp³-hybridized carbons (Fsp3) is 0.438. The zero-order valence-corrected chi connectivity index (χ0v) is 55.0. The molecule has 0 saturated carbocycles. The van der Waals surface area contributed by atoms with Gasteiger partial charge in [-0.3, -0.25) is 14.6 Å². The van der Waals surface area contributed by atoms with Crippen molar-refractivity contribution >= 4 is 35.8 Å². The number of amides is 3. The maximum Gasteiger partial charge on any atom is 0.408 e. The summed E-state index contributed by atoms with van der Waals surface area (Å²) in [6.07, 6.45) is -6.60. The molecule has 3 N–H and O–H groups in total. The second-order valence-corrected chi connectivity index (χ2v) is 25.7. The Morgan fingerprint density at radius 3 is 1.39 bits per heavy atom. The minimum atomic E-state index is -1.65. The van der Waals surface area contributed by atoms with Crippen LogP contribution in [0.15, 0.2) is 152 Å². The lowest BCUT2D eigenvalue weighted by Gasteiger charge is -2.46. The van der Waals surface area contributed by atoms with Crippen molar-refractivity contribution in [3.63, 3.8) is 0 Å². The van der Waals surface area contributed by atoms with Gasteiger partial charge in [-0.25, -0.2) is 19.2 Å². The first-order valence-electron chi connectivity index (χ1n) is 31.3. The van der Waals surface area contributed by atoms with Gasteiger partial charge in [-0.2, -0.15) is 0 Å². The number of aromatic nitrogens is 1. The van der Waals surface area contributed by atoms with E-state index in [9.17, 15) is 14.4 Å². The lowest BCUT2D eigenvalue weighted by Crippen LogP contribution is -2.61. The monoisotopic (exact) mass is 1260 g/mol. The maximum absolute atomic E-state index is 15.6. The molecule has 0 radical (unpaired) electrons. The number of alkyl carbamates (subject to hydrolysis) is 1. The van der Waals surface area contributed by atoms with Crippen LogP contribution in [0.1, 0.15) is 142 Å². The predicted octanol–water partition coefficient (Wildman–Crippen LogP) is 10.8. The molecule has 1 aromatic heterocycles. The quantitative estimate of drug-likeness (QED) is 0.0306. The van der Waals surface area contributed by atoms with E-state index in [2.05, 4.69) is 16.0 Å². The summed E-state index contributed by atoms with van der Waals surface area (Å²) >= 11 is 0. The normalized spacial score (nSPS) is 17.7. The molecule has 1 aliphatic rings. The summed E-state index contributed by atoms with van der Waals surface area (Å²) in [5.74, 6) is -4.25. The number of aryl methyl sites for hydroxylation is 1. The van der Waals surface area contributed by atoms with Crippen molar-refractivity contribution < 1.29 is 71.4 Å². The molecule has 2 heterocycles. The fourth-order valence-corrected chi connectivity index (χ4v) is 10.4. The average Bonchev–Trinajstić information content (AvgIpc) is 0.761. The van der Waals surface area contributed by atoms with Crippen LogP contribution in [0.2, 0.25) is 0 Å². The van der Waals surface area contributed by atoms with E-state index < -0.39 is 108 Å². The molecule has 0 spiro atoms. The first kappa shape index (κ1) is 71.1. The maximum atomic E-state index is 15.6. The summed E-state index contributed by atoms with van der Waals surface area (Å²) in [4.78, 5) is 92.4. The van der Waals surface area contributed by atoms with E-state index in [0.29, 0.717) is 5.56 Å². The molecule has 1 saturated heterocycles. The van der Waals surface area contributed by atoms with E-state index in [1.165, 1.54) is 6.92 Å². The topological polar surface area (TPSA) is 234 Å². The number of carbonyl (C=O) groups is 6. The van der Waals surface area contributed by atoms with E-state index in [0.717, 1.165) is 22.3 Å². The zero-order chi connectivity index (χ0) is 66.6. The molecule has 1 aliphatic heterocycles. The van der Waals surface area contributed by atoms with E-state index in [1.807, 2.05) is 127 Å². The van der Waals surface area contributed by atoms with Gasteiger partial charge < -0.3 is 58.6 Å². The Kier molecular flexibility index (Phi) is 25.7. The van der Waals surface area contributed by atoms with Gasteiger partial charge in [0.15, 0.2) is 0 Å². The van der Waals surface area contributed by atoms with Gasteiger partial charge in [0.1, 0.15) is 59.3 Å². The summed E-state index contributed by atoms with van der Waals surface area (Å²) < 4.78 is 58.5. The summed E-state index contributed by atoms with van der Waals surface area (Å²) in [5.41, 5.74) is 0.732. The number of ether oxygens (including phenoxy) is 9. The Labute approximate surface area is 540 Å². The van der Waals surface area contributed by atoms with Gasteiger partial charge in [-0.1, -0.05) is 152 Å². The van der Waals surface area contributed by atoms with Crippen molar-refractivity contribution in [2.75, 3.05) is 13.2 Å². The average molecular weight is 1260 g/mol. The molecule has 92 heavy (non-hydrogen) atoms. The Hall–Kier alpha value is -8.33. The van der Waals surface area contributed by atoms with Crippen LogP contribution in [-0.2, 0) is 103 Å². The van der Waals surface area contributed by atoms with E-state index in [-0.39, 0.29) is 80.6 Å². The summed E-state index contributed by atoms with van der Waals surface area (Å²) in [7, 11) is 0. The lowest BCUT2D eigenvalue weighted by atomic mass is 9.86. The molecule has 6 aromatic rings. The molecule has 0 bridgehead atoms. The van der Waals surface area contributed by atoms with Crippen LogP contribution in [0.4, 0.5) is 4.79 Å². The van der Waals surface area contributed by atoms with Gasteiger partial charge in [0.05, 0.1) is 68.3 Å². The molecule has 8 atom stereocenters. The number of nitrogens with zero attached hydrogens (tertiary/aromatic N) is 1. The summed E-state index contributed by atoms with van der Waals surface area (Å²) in [6.45, 7) is 20.3. The van der Waals surface area contributed by atoms with Gasteiger partial charge in [-0.15, -0.1) is 0 Å². The lowest BCUT2D eigenvalue weighted by molar-refractivity contribution is -0.272. The second kappa shape index (κ2) is 33.3. The van der Waals surface area contributed by atoms with E-state index in [4.69, 9.17) is 47.6 Å².